The van der Waals surface area contributed by atoms with Crippen molar-refractivity contribution >= 4 is 32.9 Å². The zero-order chi connectivity index (χ0) is 28.7. The smallest absolute Gasteiger partial charge is 0.475 e. The van der Waals surface area contributed by atoms with Gasteiger partial charge in [-0.2, -0.15) is 26.3 Å². The van der Waals surface area contributed by atoms with Gasteiger partial charge in [0.2, 0.25) is 0 Å². The molecule has 9 nitrogen and oxygen atoms in total. The van der Waals surface area contributed by atoms with Crippen molar-refractivity contribution in [2.45, 2.75) is 23.3 Å². The molecule has 0 spiro atoms. The number of alkyl halides is 6. The maximum Gasteiger partial charge on any atom is 0.490 e. The van der Waals surface area contributed by atoms with E-state index in [1.54, 1.807) is 30.5 Å². The first-order chi connectivity index (χ1) is 17.6. The molecule has 4 N–H and O–H groups in total. The van der Waals surface area contributed by atoms with Crippen LogP contribution in [-0.4, -0.2) is 66.5 Å². The van der Waals surface area contributed by atoms with Gasteiger partial charge in [-0.25, -0.2) is 22.0 Å². The summed E-state index contributed by atoms with van der Waals surface area (Å²) in [5.41, 5.74) is 1.84. The third-order valence-electron chi connectivity index (χ3n) is 4.93. The first-order valence-electron chi connectivity index (χ1n) is 10.5. The number of halogens is 6. The van der Waals surface area contributed by atoms with Crippen LogP contribution in [0.5, 0.6) is 0 Å². The minimum absolute atomic E-state index is 0.192. The van der Waals surface area contributed by atoms with Gasteiger partial charge in [0, 0.05) is 37.3 Å². The van der Waals surface area contributed by atoms with Crippen molar-refractivity contribution in [3.8, 4) is 0 Å². The van der Waals surface area contributed by atoms with Gasteiger partial charge < -0.3 is 20.8 Å². The van der Waals surface area contributed by atoms with Gasteiger partial charge >= 0.3 is 24.3 Å². The first kappa shape index (κ1) is 30.6. The third kappa shape index (κ3) is 7.93. The number of nitrogens with zero attached hydrogens (tertiary/aromatic N) is 1. The molecule has 1 aromatic heterocycles. The Kier molecular flexibility index (Phi) is 9.88. The van der Waals surface area contributed by atoms with Gasteiger partial charge in [0.1, 0.15) is 0 Å². The predicted octanol–water partition coefficient (Wildman–Crippen LogP) is 3.38. The third-order valence-corrected chi connectivity index (χ3v) is 6.64. The number of piperazine rings is 1. The molecule has 1 saturated heterocycles. The van der Waals surface area contributed by atoms with Crippen LogP contribution < -0.4 is 10.6 Å². The summed E-state index contributed by atoms with van der Waals surface area (Å²) in [7, 11) is -3.59. The summed E-state index contributed by atoms with van der Waals surface area (Å²) < 4.78 is 90.7. The number of carboxylic acid groups (broad SMARTS) is 2. The number of carboxylic acids is 2. The van der Waals surface area contributed by atoms with Gasteiger partial charge in [-0.05, 0) is 29.8 Å². The van der Waals surface area contributed by atoms with Gasteiger partial charge in [-0.3, -0.25) is 0 Å². The van der Waals surface area contributed by atoms with E-state index in [2.05, 4.69) is 16.7 Å². The van der Waals surface area contributed by atoms with E-state index in [-0.39, 0.29) is 6.04 Å². The number of hydrogen-bond acceptors (Lipinski definition) is 6. The highest BCUT2D eigenvalue weighted by Crippen LogP contribution is 2.28. The van der Waals surface area contributed by atoms with E-state index in [4.69, 9.17) is 19.8 Å². The van der Waals surface area contributed by atoms with Crippen LogP contribution in [0.4, 0.5) is 26.3 Å². The molecule has 0 amide bonds. The second-order valence-electron chi connectivity index (χ2n) is 7.53. The average molecular weight is 569 g/mol. The Hall–Kier alpha value is -3.63. The Morgan fingerprint density at radius 2 is 1.39 bits per heavy atom. The van der Waals surface area contributed by atoms with Crippen molar-refractivity contribution < 1.29 is 54.6 Å². The largest absolute Gasteiger partial charge is 0.490 e. The number of benzene rings is 2. The van der Waals surface area contributed by atoms with E-state index >= 15 is 0 Å². The minimum Gasteiger partial charge on any atom is -0.475 e. The summed E-state index contributed by atoms with van der Waals surface area (Å²) in [5, 5.41) is 22.1. The normalized spacial score (nSPS) is 16.0. The second-order valence-corrected chi connectivity index (χ2v) is 9.34. The summed E-state index contributed by atoms with van der Waals surface area (Å²) in [5.74, 6) is -5.51. The van der Waals surface area contributed by atoms with E-state index < -0.39 is 34.3 Å². The molecule has 16 heteroatoms. The fraction of sp³-hybridized carbons (Fsp3) is 0.273. The molecule has 38 heavy (non-hydrogen) atoms. The molecule has 1 atom stereocenters. The molecule has 0 bridgehead atoms. The summed E-state index contributed by atoms with van der Waals surface area (Å²) in [6, 6.07) is 16.5. The first-order valence-corrected chi connectivity index (χ1v) is 12.0. The SMILES string of the molecule is O=C(O)C(F)(F)F.O=C(O)C(F)(F)F.O=S(=O)(c1ccccc1)n1ccc2c(C3CNCCN3)cccc21. The van der Waals surface area contributed by atoms with Crippen LogP contribution >= 0.6 is 0 Å². The van der Waals surface area contributed by atoms with Crippen molar-refractivity contribution in [2.24, 2.45) is 0 Å². The number of aromatic nitrogens is 1. The van der Waals surface area contributed by atoms with Crippen LogP contribution in [0.15, 0.2) is 65.7 Å². The fourth-order valence-electron chi connectivity index (χ4n) is 3.26. The van der Waals surface area contributed by atoms with Crippen LogP contribution in [0.2, 0.25) is 0 Å². The highest BCUT2D eigenvalue weighted by atomic mass is 32.2. The summed E-state index contributed by atoms with van der Waals surface area (Å²) in [6.07, 6.45) is -8.52. The van der Waals surface area contributed by atoms with Crippen molar-refractivity contribution in [1.82, 2.24) is 14.6 Å². The molecule has 0 radical (unpaired) electrons. The predicted molar refractivity (Wildman–Crippen MR) is 122 cm³/mol. The average Bonchev–Trinajstić information content (AvgIpc) is 3.30. The zero-order valence-corrected chi connectivity index (χ0v) is 19.9. The lowest BCUT2D eigenvalue weighted by atomic mass is 10.0. The van der Waals surface area contributed by atoms with Crippen LogP contribution in [0.1, 0.15) is 11.6 Å². The van der Waals surface area contributed by atoms with Crippen molar-refractivity contribution in [2.75, 3.05) is 19.6 Å². The van der Waals surface area contributed by atoms with Gasteiger partial charge in [0.05, 0.1) is 10.4 Å². The molecule has 0 saturated carbocycles. The molecule has 1 unspecified atom stereocenters. The molecule has 1 aliphatic heterocycles. The van der Waals surface area contributed by atoms with E-state index in [9.17, 15) is 34.8 Å². The standard InChI is InChI=1S/C18H19N3O2S.2C2HF3O2/c22-24(23,14-5-2-1-3-6-14)21-12-9-16-15(7-4-8-18(16)21)17-13-19-10-11-20-17;2*3-2(4,5)1(6)7/h1-9,12,17,19-20H,10-11,13H2;2*(H,6,7). The Balaban J connectivity index is 0.000000301. The van der Waals surface area contributed by atoms with E-state index in [1.165, 1.54) is 3.97 Å². The molecule has 3 aromatic rings. The topological polar surface area (TPSA) is 138 Å². The number of rotatable bonds is 3. The Morgan fingerprint density at radius 3 is 1.87 bits per heavy atom. The maximum absolute atomic E-state index is 12.9. The highest BCUT2D eigenvalue weighted by molar-refractivity contribution is 7.90. The van der Waals surface area contributed by atoms with Gasteiger partial charge in [0.15, 0.2) is 0 Å². The van der Waals surface area contributed by atoms with E-state index in [1.807, 2.05) is 24.3 Å². The Labute approximate surface area is 211 Å². The molecule has 2 aromatic carbocycles. The van der Waals surface area contributed by atoms with Gasteiger partial charge in [-0.15, -0.1) is 0 Å². The van der Waals surface area contributed by atoms with Crippen molar-refractivity contribution in [3.05, 3.63) is 66.4 Å². The lowest BCUT2D eigenvalue weighted by Crippen LogP contribution is -2.42. The molecule has 1 fully saturated rings. The fourth-order valence-corrected chi connectivity index (χ4v) is 4.63. The number of carbonyl (C=O) groups is 2. The van der Waals surface area contributed by atoms with Crippen molar-refractivity contribution in [1.29, 1.82) is 0 Å². The number of aliphatic carboxylic acids is 2. The molecule has 208 valence electrons. The van der Waals surface area contributed by atoms with E-state index in [0.29, 0.717) is 10.4 Å². The quantitative estimate of drug-likeness (QED) is 0.353. The maximum atomic E-state index is 12.9. The van der Waals surface area contributed by atoms with Crippen LogP contribution in [-0.2, 0) is 19.6 Å². The Morgan fingerprint density at radius 1 is 0.842 bits per heavy atom. The lowest BCUT2D eigenvalue weighted by Gasteiger charge is -2.25. The molecular weight excluding hydrogens is 548 g/mol. The molecule has 1 aliphatic rings. The van der Waals surface area contributed by atoms with Gasteiger partial charge in [0.25, 0.3) is 10.0 Å². The zero-order valence-electron chi connectivity index (χ0n) is 19.1. The Bertz CT molecular complexity index is 1330. The van der Waals surface area contributed by atoms with E-state index in [0.717, 1.165) is 30.6 Å². The summed E-state index contributed by atoms with van der Waals surface area (Å²) in [4.78, 5) is 18.1. The number of nitrogens with one attached hydrogen (secondary N) is 2. The molecule has 0 aliphatic carbocycles. The highest BCUT2D eigenvalue weighted by Gasteiger charge is 2.38. The second kappa shape index (κ2) is 12.3. The lowest BCUT2D eigenvalue weighted by molar-refractivity contribution is -0.193. The number of hydrogen-bond donors (Lipinski definition) is 4. The van der Waals surface area contributed by atoms with Gasteiger partial charge in [-0.1, -0.05) is 30.3 Å². The summed E-state index contributed by atoms with van der Waals surface area (Å²) >= 11 is 0. The molecule has 2 heterocycles. The number of fused-ring (bicyclic) bond motifs is 1. The summed E-state index contributed by atoms with van der Waals surface area (Å²) in [6.45, 7) is 2.70. The molecule has 4 rings (SSSR count). The minimum atomic E-state index is -5.08. The molecular formula is C22H21F6N3O6S. The monoisotopic (exact) mass is 569 g/mol. The van der Waals surface area contributed by atoms with Crippen LogP contribution in [0.3, 0.4) is 0 Å². The van der Waals surface area contributed by atoms with Crippen LogP contribution in [0, 0.1) is 0 Å². The van der Waals surface area contributed by atoms with Crippen LogP contribution in [0.25, 0.3) is 10.9 Å². The van der Waals surface area contributed by atoms with Crippen molar-refractivity contribution in [3.63, 3.8) is 0 Å².